The number of carbonyl (C=O) groups is 1. The Morgan fingerprint density at radius 2 is 2.31 bits per heavy atom. The highest BCUT2D eigenvalue weighted by Crippen LogP contribution is 2.17. The molecule has 2 N–H and O–H groups in total. The first-order valence-corrected chi connectivity index (χ1v) is 5.22. The number of anilines is 1. The largest absolute Gasteiger partial charge is 0.395 e. The normalized spacial score (nSPS) is 10.2. The Morgan fingerprint density at radius 1 is 1.69 bits per heavy atom. The van der Waals surface area contributed by atoms with Crippen molar-refractivity contribution < 1.29 is 4.79 Å². The summed E-state index contributed by atoms with van der Waals surface area (Å²) in [5.41, 5.74) is 7.47. The number of nitrogens with two attached hydrogens (primary N) is 1. The van der Waals surface area contributed by atoms with E-state index in [1.54, 1.807) is 29.6 Å². The number of nitrogen functional groups attached to an aromatic ring is 1. The van der Waals surface area contributed by atoms with Crippen molar-refractivity contribution in [2.75, 3.05) is 19.3 Å². The van der Waals surface area contributed by atoms with E-state index in [9.17, 15) is 4.79 Å². The molecule has 0 saturated heterocycles. The van der Waals surface area contributed by atoms with Crippen molar-refractivity contribution in [1.29, 1.82) is 0 Å². The van der Waals surface area contributed by atoms with Crippen molar-refractivity contribution in [2.24, 2.45) is 0 Å². The molecule has 5 nitrogen and oxygen atoms in total. The number of amides is 1. The van der Waals surface area contributed by atoms with E-state index >= 15 is 0 Å². The van der Waals surface area contributed by atoms with Crippen LogP contribution in [0.4, 0.5) is 5.69 Å². The predicted octanol–water partition coefficient (Wildman–Crippen LogP) is 1.05. The Balaban J connectivity index is 3.11. The molecule has 0 spiro atoms. The highest BCUT2D eigenvalue weighted by atomic mass is 16.2. The fourth-order valence-electron chi connectivity index (χ4n) is 1.51. The summed E-state index contributed by atoms with van der Waals surface area (Å²) in [5.74, 6) is -0.125. The Bertz CT molecular complexity index is 408. The highest BCUT2D eigenvalue weighted by molar-refractivity contribution is 5.97. The number of rotatable bonds is 4. The molecule has 0 unspecified atom stereocenters. The third-order valence-corrected chi connectivity index (χ3v) is 2.43. The van der Waals surface area contributed by atoms with E-state index in [-0.39, 0.29) is 5.91 Å². The minimum Gasteiger partial charge on any atom is -0.395 e. The molecule has 0 aliphatic heterocycles. The Morgan fingerprint density at radius 3 is 2.81 bits per heavy atom. The zero-order chi connectivity index (χ0) is 12.3. The zero-order valence-corrected chi connectivity index (χ0v) is 10.0. The van der Waals surface area contributed by atoms with Gasteiger partial charge in [0.1, 0.15) is 5.69 Å². The molecule has 0 aromatic carbocycles. The van der Waals surface area contributed by atoms with Crippen molar-refractivity contribution in [3.8, 4) is 0 Å². The maximum Gasteiger partial charge on any atom is 0.274 e. The summed E-state index contributed by atoms with van der Waals surface area (Å²) < 4.78 is 1.63. The summed E-state index contributed by atoms with van der Waals surface area (Å²) in [6, 6.07) is 0. The molecule has 0 radical (unpaired) electrons. The second kappa shape index (κ2) is 4.83. The maximum atomic E-state index is 12.1. The fourth-order valence-corrected chi connectivity index (χ4v) is 1.51. The van der Waals surface area contributed by atoms with Gasteiger partial charge >= 0.3 is 0 Å². The number of aryl methyl sites for hydroxylation is 2. The van der Waals surface area contributed by atoms with Crippen LogP contribution in [0.5, 0.6) is 0 Å². The summed E-state index contributed by atoms with van der Waals surface area (Å²) in [6.45, 7) is 8.44. The molecule has 1 amide bonds. The smallest absolute Gasteiger partial charge is 0.274 e. The fraction of sp³-hybridized carbons (Fsp3) is 0.455. The van der Waals surface area contributed by atoms with Gasteiger partial charge in [-0.15, -0.1) is 6.58 Å². The Hall–Kier alpha value is -1.78. The molecular weight excluding hydrogens is 204 g/mol. The molecule has 1 heterocycles. The molecule has 0 saturated carbocycles. The highest BCUT2D eigenvalue weighted by Gasteiger charge is 2.21. The molecule has 0 atom stereocenters. The minimum absolute atomic E-state index is 0.125. The maximum absolute atomic E-state index is 12.1. The SMILES string of the molecule is C=CCN(C)C(=O)c1c(N)c(C)nn1CC. The molecule has 0 bridgehead atoms. The van der Waals surface area contributed by atoms with Crippen LogP contribution >= 0.6 is 0 Å². The van der Waals surface area contributed by atoms with Crippen LogP contribution in [-0.4, -0.2) is 34.2 Å². The molecule has 0 aliphatic carbocycles. The average molecular weight is 222 g/mol. The van der Waals surface area contributed by atoms with E-state index in [1.807, 2.05) is 6.92 Å². The van der Waals surface area contributed by atoms with Gasteiger partial charge in [0.2, 0.25) is 0 Å². The topological polar surface area (TPSA) is 64.2 Å². The first kappa shape index (κ1) is 12.3. The second-order valence-electron chi connectivity index (χ2n) is 3.64. The third kappa shape index (κ3) is 2.08. The summed E-state index contributed by atoms with van der Waals surface area (Å²) in [6.07, 6.45) is 1.67. The lowest BCUT2D eigenvalue weighted by Gasteiger charge is -2.15. The van der Waals surface area contributed by atoms with Gasteiger partial charge < -0.3 is 10.6 Å². The van der Waals surface area contributed by atoms with Crippen molar-refractivity contribution in [1.82, 2.24) is 14.7 Å². The predicted molar refractivity (Wildman–Crippen MR) is 64.2 cm³/mol. The molecule has 1 rings (SSSR count). The third-order valence-electron chi connectivity index (χ3n) is 2.43. The number of nitrogens with zero attached hydrogens (tertiary/aromatic N) is 3. The zero-order valence-electron chi connectivity index (χ0n) is 10.0. The Labute approximate surface area is 95.5 Å². The lowest BCUT2D eigenvalue weighted by molar-refractivity contribution is 0.0799. The summed E-state index contributed by atoms with van der Waals surface area (Å²) in [7, 11) is 1.71. The molecule has 0 fully saturated rings. The van der Waals surface area contributed by atoms with Gasteiger partial charge in [-0.3, -0.25) is 9.48 Å². The molecule has 1 aromatic rings. The van der Waals surface area contributed by atoms with Gasteiger partial charge in [0.05, 0.1) is 11.4 Å². The van der Waals surface area contributed by atoms with E-state index in [0.717, 1.165) is 0 Å². The van der Waals surface area contributed by atoms with Gasteiger partial charge in [0.25, 0.3) is 5.91 Å². The lowest BCUT2D eigenvalue weighted by atomic mass is 10.2. The average Bonchev–Trinajstić information content (AvgIpc) is 2.54. The summed E-state index contributed by atoms with van der Waals surface area (Å²) in [5, 5.41) is 4.21. The summed E-state index contributed by atoms with van der Waals surface area (Å²) in [4.78, 5) is 13.6. The van der Waals surface area contributed by atoms with Gasteiger partial charge in [0, 0.05) is 20.1 Å². The van der Waals surface area contributed by atoms with Gasteiger partial charge in [0.15, 0.2) is 0 Å². The molecule has 1 aromatic heterocycles. The number of aromatic nitrogens is 2. The van der Waals surface area contributed by atoms with Crippen LogP contribution in [0.1, 0.15) is 23.1 Å². The van der Waals surface area contributed by atoms with Crippen molar-refractivity contribution in [2.45, 2.75) is 20.4 Å². The van der Waals surface area contributed by atoms with Crippen LogP contribution in [0.25, 0.3) is 0 Å². The van der Waals surface area contributed by atoms with Crippen molar-refractivity contribution in [3.63, 3.8) is 0 Å². The monoisotopic (exact) mass is 222 g/mol. The van der Waals surface area contributed by atoms with Crippen LogP contribution in [0.2, 0.25) is 0 Å². The number of carbonyl (C=O) groups excluding carboxylic acids is 1. The molecule has 5 heteroatoms. The quantitative estimate of drug-likeness (QED) is 0.774. The van der Waals surface area contributed by atoms with Crippen molar-refractivity contribution >= 4 is 11.6 Å². The number of hydrogen-bond acceptors (Lipinski definition) is 3. The molecule has 88 valence electrons. The van der Waals surface area contributed by atoms with E-state index in [4.69, 9.17) is 5.73 Å². The van der Waals surface area contributed by atoms with Gasteiger partial charge in [-0.2, -0.15) is 5.10 Å². The van der Waals surface area contributed by atoms with E-state index in [2.05, 4.69) is 11.7 Å². The first-order valence-electron chi connectivity index (χ1n) is 5.22. The van der Waals surface area contributed by atoms with E-state index in [0.29, 0.717) is 30.2 Å². The van der Waals surface area contributed by atoms with Crippen LogP contribution < -0.4 is 5.73 Å². The van der Waals surface area contributed by atoms with Crippen LogP contribution in [0.3, 0.4) is 0 Å². The van der Waals surface area contributed by atoms with Crippen LogP contribution in [0, 0.1) is 6.92 Å². The van der Waals surface area contributed by atoms with Crippen LogP contribution in [-0.2, 0) is 6.54 Å². The molecule has 0 aliphatic rings. The summed E-state index contributed by atoms with van der Waals surface area (Å²) >= 11 is 0. The second-order valence-corrected chi connectivity index (χ2v) is 3.64. The number of hydrogen-bond donors (Lipinski definition) is 1. The lowest BCUT2D eigenvalue weighted by Crippen LogP contribution is -2.29. The van der Waals surface area contributed by atoms with Gasteiger partial charge in [-0.25, -0.2) is 0 Å². The number of likely N-dealkylation sites (N-methyl/N-ethyl adjacent to an activating group) is 1. The first-order chi connectivity index (χ1) is 7.52. The van der Waals surface area contributed by atoms with Gasteiger partial charge in [-0.05, 0) is 13.8 Å². The Kier molecular flexibility index (Phi) is 3.71. The van der Waals surface area contributed by atoms with Crippen LogP contribution in [0.15, 0.2) is 12.7 Å². The standard InChI is InChI=1S/C11H18N4O/c1-5-7-14(4)11(16)10-9(12)8(3)13-15(10)6-2/h5H,1,6-7,12H2,2-4H3. The molecular formula is C11H18N4O. The van der Waals surface area contributed by atoms with E-state index < -0.39 is 0 Å². The van der Waals surface area contributed by atoms with Gasteiger partial charge in [-0.1, -0.05) is 6.08 Å². The van der Waals surface area contributed by atoms with Crippen molar-refractivity contribution in [3.05, 3.63) is 24.0 Å². The van der Waals surface area contributed by atoms with E-state index in [1.165, 1.54) is 0 Å². The molecule has 16 heavy (non-hydrogen) atoms. The minimum atomic E-state index is -0.125.